The molecular formula is C33H48N2O5. The summed E-state index contributed by atoms with van der Waals surface area (Å²) in [5, 5.41) is 2.97. The molecule has 220 valence electrons. The van der Waals surface area contributed by atoms with Crippen molar-refractivity contribution in [2.45, 2.75) is 98.2 Å². The minimum atomic E-state index is -0.649. The molecule has 0 aliphatic heterocycles. The molecule has 7 heteroatoms. The fourth-order valence-corrected chi connectivity index (χ4v) is 4.17. The van der Waals surface area contributed by atoms with Gasteiger partial charge in [-0.25, -0.2) is 9.59 Å². The zero-order chi connectivity index (χ0) is 29.9. The fraction of sp³-hybridized carbons (Fsp3) is 0.515. The first kappa shape index (κ1) is 32.9. The molecule has 3 unspecified atom stereocenters. The topological polar surface area (TPSA) is 77.1 Å². The second-order valence-electron chi connectivity index (χ2n) is 12.4. The Labute approximate surface area is 240 Å². The summed E-state index contributed by atoms with van der Waals surface area (Å²) < 4.78 is 17.5. The zero-order valence-electron chi connectivity index (χ0n) is 25.5. The highest BCUT2D eigenvalue weighted by Gasteiger charge is 2.33. The Morgan fingerprint density at radius 1 is 0.875 bits per heavy atom. The molecule has 2 aromatic rings. The van der Waals surface area contributed by atoms with E-state index in [-0.39, 0.29) is 18.0 Å². The Morgan fingerprint density at radius 2 is 1.40 bits per heavy atom. The van der Waals surface area contributed by atoms with Crippen LogP contribution in [0, 0.1) is 5.92 Å². The van der Waals surface area contributed by atoms with Gasteiger partial charge in [-0.3, -0.25) is 0 Å². The molecule has 0 saturated carbocycles. The molecule has 7 nitrogen and oxygen atoms in total. The van der Waals surface area contributed by atoms with Crippen molar-refractivity contribution in [3.8, 4) is 0 Å². The van der Waals surface area contributed by atoms with E-state index in [2.05, 4.69) is 11.9 Å². The Kier molecular flexibility index (Phi) is 12.2. The van der Waals surface area contributed by atoms with Gasteiger partial charge in [-0.2, -0.15) is 0 Å². The van der Waals surface area contributed by atoms with Crippen LogP contribution in [0.2, 0.25) is 0 Å². The van der Waals surface area contributed by atoms with Crippen LogP contribution >= 0.6 is 0 Å². The van der Waals surface area contributed by atoms with Gasteiger partial charge in [0.05, 0.1) is 19.3 Å². The van der Waals surface area contributed by atoms with E-state index < -0.39 is 23.4 Å². The highest BCUT2D eigenvalue weighted by Crippen LogP contribution is 2.25. The minimum Gasteiger partial charge on any atom is -0.444 e. The van der Waals surface area contributed by atoms with Crippen LogP contribution < -0.4 is 5.32 Å². The van der Waals surface area contributed by atoms with Crippen molar-refractivity contribution in [3.05, 3.63) is 83.9 Å². The molecule has 40 heavy (non-hydrogen) atoms. The molecule has 0 aromatic heterocycles. The number of hydrogen-bond donors (Lipinski definition) is 1. The molecule has 1 N–H and O–H groups in total. The summed E-state index contributed by atoms with van der Waals surface area (Å²) in [5.74, 6) is -0.156. The van der Waals surface area contributed by atoms with Gasteiger partial charge in [0.2, 0.25) is 0 Å². The molecular weight excluding hydrogens is 504 g/mol. The lowest BCUT2D eigenvalue weighted by molar-refractivity contribution is -0.00468. The molecule has 0 radical (unpaired) electrons. The van der Waals surface area contributed by atoms with Crippen LogP contribution in [0.3, 0.4) is 0 Å². The summed E-state index contributed by atoms with van der Waals surface area (Å²) in [5.41, 5.74) is 1.57. The maximum atomic E-state index is 13.5. The molecule has 0 heterocycles. The molecule has 2 amide bonds. The van der Waals surface area contributed by atoms with Crippen molar-refractivity contribution >= 4 is 12.2 Å². The molecule has 0 bridgehead atoms. The van der Waals surface area contributed by atoms with Crippen molar-refractivity contribution in [1.82, 2.24) is 10.2 Å². The average Bonchev–Trinajstić information content (AvgIpc) is 2.84. The third-order valence-corrected chi connectivity index (χ3v) is 6.27. The SMILES string of the molecule is C=C(C)C(CC(COCc1ccccc1)C(C)N(Cc1ccccc1)C(=O)OC(C)(C)C)NC(=O)OC(C)(C)C. The number of carbonyl (C=O) groups excluding carboxylic acids is 2. The van der Waals surface area contributed by atoms with Crippen molar-refractivity contribution < 1.29 is 23.8 Å². The summed E-state index contributed by atoms with van der Waals surface area (Å²) in [6.07, 6.45) is -0.409. The largest absolute Gasteiger partial charge is 0.444 e. The highest BCUT2D eigenvalue weighted by atomic mass is 16.6. The van der Waals surface area contributed by atoms with Gasteiger partial charge in [0, 0.05) is 18.5 Å². The van der Waals surface area contributed by atoms with Gasteiger partial charge in [-0.05, 0) is 72.9 Å². The van der Waals surface area contributed by atoms with E-state index in [0.29, 0.717) is 26.2 Å². The predicted molar refractivity (Wildman–Crippen MR) is 160 cm³/mol. The maximum Gasteiger partial charge on any atom is 0.410 e. The van der Waals surface area contributed by atoms with Gasteiger partial charge in [0.1, 0.15) is 11.2 Å². The molecule has 2 rings (SSSR count). The van der Waals surface area contributed by atoms with Gasteiger partial charge in [-0.1, -0.05) is 72.8 Å². The van der Waals surface area contributed by atoms with Crippen LogP contribution in [0.25, 0.3) is 0 Å². The van der Waals surface area contributed by atoms with E-state index in [1.807, 2.05) is 116 Å². The summed E-state index contributed by atoms with van der Waals surface area (Å²) in [6.45, 7) is 20.2. The quantitative estimate of drug-likeness (QED) is 0.276. The van der Waals surface area contributed by atoms with Gasteiger partial charge in [0.15, 0.2) is 0 Å². The summed E-state index contributed by atoms with van der Waals surface area (Å²) in [4.78, 5) is 27.9. The predicted octanol–water partition coefficient (Wildman–Crippen LogP) is 7.50. The van der Waals surface area contributed by atoms with E-state index in [1.54, 1.807) is 4.90 Å². The van der Waals surface area contributed by atoms with Gasteiger partial charge in [-0.15, -0.1) is 0 Å². The minimum absolute atomic E-state index is 0.156. The zero-order valence-corrected chi connectivity index (χ0v) is 25.5. The second kappa shape index (κ2) is 14.9. The lowest BCUT2D eigenvalue weighted by Gasteiger charge is -2.37. The third kappa shape index (κ3) is 12.2. The first-order chi connectivity index (χ1) is 18.6. The number of nitrogens with one attached hydrogen (secondary N) is 1. The average molecular weight is 553 g/mol. The monoisotopic (exact) mass is 552 g/mol. The number of nitrogens with zero attached hydrogens (tertiary/aromatic N) is 1. The van der Waals surface area contributed by atoms with E-state index >= 15 is 0 Å². The number of rotatable bonds is 12. The summed E-state index contributed by atoms with van der Waals surface area (Å²) in [6, 6.07) is 19.1. The molecule has 3 atom stereocenters. The first-order valence-corrected chi connectivity index (χ1v) is 13.9. The lowest BCUT2D eigenvalue weighted by Crippen LogP contribution is -2.48. The summed E-state index contributed by atoms with van der Waals surface area (Å²) in [7, 11) is 0. The van der Waals surface area contributed by atoms with Crippen molar-refractivity contribution in [2.24, 2.45) is 5.92 Å². The number of carbonyl (C=O) groups is 2. The van der Waals surface area contributed by atoms with E-state index in [4.69, 9.17) is 14.2 Å². The summed E-state index contributed by atoms with van der Waals surface area (Å²) >= 11 is 0. The van der Waals surface area contributed by atoms with Crippen LogP contribution in [-0.4, -0.2) is 47.0 Å². The van der Waals surface area contributed by atoms with Gasteiger partial charge >= 0.3 is 12.2 Å². The normalized spacial score (nSPS) is 14.0. The van der Waals surface area contributed by atoms with Crippen molar-refractivity contribution in [2.75, 3.05) is 6.61 Å². The van der Waals surface area contributed by atoms with Crippen LogP contribution in [-0.2, 0) is 27.4 Å². The Hall–Kier alpha value is -3.32. The molecule has 0 fully saturated rings. The highest BCUT2D eigenvalue weighted by molar-refractivity contribution is 5.69. The Balaban J connectivity index is 2.34. The van der Waals surface area contributed by atoms with E-state index in [9.17, 15) is 9.59 Å². The molecule has 2 aromatic carbocycles. The number of alkyl carbamates (subject to hydrolysis) is 1. The van der Waals surface area contributed by atoms with Crippen molar-refractivity contribution in [1.29, 1.82) is 0 Å². The molecule has 0 aliphatic carbocycles. The van der Waals surface area contributed by atoms with Crippen LogP contribution in [0.1, 0.15) is 72.9 Å². The van der Waals surface area contributed by atoms with Crippen LogP contribution in [0.4, 0.5) is 9.59 Å². The van der Waals surface area contributed by atoms with E-state index in [0.717, 1.165) is 16.7 Å². The standard InChI is InChI=1S/C33H48N2O5/c1-24(2)29(34-30(36)39-32(4,5)6)20-28(23-38-22-27-18-14-11-15-19-27)25(3)35(31(37)40-33(7,8)9)21-26-16-12-10-13-17-26/h10-19,25,28-29H,1,20-23H2,2-9H3,(H,34,36). The fourth-order valence-electron chi connectivity index (χ4n) is 4.17. The molecule has 0 spiro atoms. The number of amides is 2. The number of ether oxygens (including phenoxy) is 3. The van der Waals surface area contributed by atoms with Gasteiger partial charge in [0.25, 0.3) is 0 Å². The Bertz CT molecular complexity index is 1070. The lowest BCUT2D eigenvalue weighted by atomic mass is 9.90. The second-order valence-corrected chi connectivity index (χ2v) is 12.4. The molecule has 0 saturated heterocycles. The van der Waals surface area contributed by atoms with Crippen LogP contribution in [0.15, 0.2) is 72.8 Å². The smallest absolute Gasteiger partial charge is 0.410 e. The molecule has 0 aliphatic rings. The van der Waals surface area contributed by atoms with Gasteiger partial charge < -0.3 is 24.4 Å². The number of benzene rings is 2. The van der Waals surface area contributed by atoms with E-state index in [1.165, 1.54) is 0 Å². The third-order valence-electron chi connectivity index (χ3n) is 6.27. The Morgan fingerprint density at radius 3 is 1.90 bits per heavy atom. The number of hydrogen-bond acceptors (Lipinski definition) is 5. The van der Waals surface area contributed by atoms with Crippen molar-refractivity contribution in [3.63, 3.8) is 0 Å². The van der Waals surface area contributed by atoms with Crippen LogP contribution in [0.5, 0.6) is 0 Å². The first-order valence-electron chi connectivity index (χ1n) is 13.9. The maximum absolute atomic E-state index is 13.5.